The van der Waals surface area contributed by atoms with Crippen molar-refractivity contribution in [2.75, 3.05) is 0 Å². The van der Waals surface area contributed by atoms with Crippen LogP contribution in [-0.4, -0.2) is 5.97 Å². The largest absolute Gasteiger partial charge is 0.458 e. The molecule has 1 aromatic rings. The van der Waals surface area contributed by atoms with E-state index in [1.165, 1.54) is 6.08 Å². The molecule has 0 aliphatic rings. The summed E-state index contributed by atoms with van der Waals surface area (Å²) in [5.74, 6) is -0.320. The van der Waals surface area contributed by atoms with Gasteiger partial charge in [0, 0.05) is 10.5 Å². The van der Waals surface area contributed by atoms with Crippen molar-refractivity contribution in [3.8, 4) is 0 Å². The van der Waals surface area contributed by atoms with Crippen LogP contribution in [0.4, 0.5) is 0 Å². The van der Waals surface area contributed by atoms with Gasteiger partial charge in [-0.25, -0.2) is 4.79 Å². The highest BCUT2D eigenvalue weighted by atomic mass is 79.9. The summed E-state index contributed by atoms with van der Waals surface area (Å²) in [6.45, 7) is 2.41. The third-order valence-electron chi connectivity index (χ3n) is 2.23. The number of halogens is 1. The minimum absolute atomic E-state index is 0.301. The molecule has 0 fully saturated rings. The third-order valence-corrected chi connectivity index (χ3v) is 2.76. The highest BCUT2D eigenvalue weighted by Gasteiger charge is 1.97. The van der Waals surface area contributed by atoms with Gasteiger partial charge in [-0.3, -0.25) is 0 Å². The van der Waals surface area contributed by atoms with E-state index in [0.29, 0.717) is 6.61 Å². The van der Waals surface area contributed by atoms with Crippen molar-refractivity contribution in [1.29, 1.82) is 0 Å². The maximum absolute atomic E-state index is 11.4. The smallest absolute Gasteiger partial charge is 0.331 e. The van der Waals surface area contributed by atoms with Gasteiger partial charge in [0.15, 0.2) is 0 Å². The zero-order chi connectivity index (χ0) is 13.2. The summed E-state index contributed by atoms with van der Waals surface area (Å²) in [6, 6.07) is 7.68. The minimum Gasteiger partial charge on any atom is -0.458 e. The third kappa shape index (κ3) is 6.40. The number of allylic oxidation sites excluding steroid dienone is 3. The second kappa shape index (κ2) is 8.70. The van der Waals surface area contributed by atoms with Crippen molar-refractivity contribution in [2.24, 2.45) is 0 Å². The fraction of sp³-hybridized carbons (Fsp3) is 0.267. The number of unbranched alkanes of at least 4 members (excludes halogenated alkanes) is 1. The van der Waals surface area contributed by atoms with Gasteiger partial charge in [-0.05, 0) is 24.1 Å². The van der Waals surface area contributed by atoms with E-state index in [-0.39, 0.29) is 5.97 Å². The molecule has 1 rings (SSSR count). The molecule has 0 saturated carbocycles. The lowest BCUT2D eigenvalue weighted by Crippen LogP contribution is -2.00. The highest BCUT2D eigenvalue weighted by Crippen LogP contribution is 2.11. The number of esters is 1. The number of carbonyl (C=O) groups excluding carboxylic acids is 1. The van der Waals surface area contributed by atoms with E-state index < -0.39 is 0 Å². The first kappa shape index (κ1) is 14.7. The molecule has 0 aliphatic heterocycles. The lowest BCUT2D eigenvalue weighted by Gasteiger charge is -2.01. The molecule has 0 spiro atoms. The van der Waals surface area contributed by atoms with Gasteiger partial charge in [0.25, 0.3) is 0 Å². The lowest BCUT2D eigenvalue weighted by atomic mass is 10.2. The summed E-state index contributed by atoms with van der Waals surface area (Å²) in [7, 11) is 0. The van der Waals surface area contributed by atoms with E-state index in [1.54, 1.807) is 6.08 Å². The molecule has 2 nitrogen and oxygen atoms in total. The number of hydrogen-bond acceptors (Lipinski definition) is 2. The minimum atomic E-state index is -0.320. The molecule has 0 amide bonds. The Labute approximate surface area is 116 Å². The molecule has 0 radical (unpaired) electrons. The summed E-state index contributed by atoms with van der Waals surface area (Å²) in [4.78, 5) is 11.4. The molecular weight excluding hydrogens is 292 g/mol. The fourth-order valence-electron chi connectivity index (χ4n) is 1.26. The van der Waals surface area contributed by atoms with Crippen LogP contribution in [0.1, 0.15) is 25.3 Å². The molecule has 0 atom stereocenters. The Kier molecular flexibility index (Phi) is 7.11. The number of carbonyl (C=O) groups is 1. The average Bonchev–Trinajstić information content (AvgIpc) is 2.38. The van der Waals surface area contributed by atoms with Crippen molar-refractivity contribution in [3.63, 3.8) is 0 Å². The summed E-state index contributed by atoms with van der Waals surface area (Å²) in [5.41, 5.74) is 0.974. The average molecular weight is 309 g/mol. The molecular formula is C15H17BrO2. The van der Waals surface area contributed by atoms with Crippen LogP contribution in [0, 0.1) is 0 Å². The molecule has 96 valence electrons. The van der Waals surface area contributed by atoms with E-state index in [9.17, 15) is 4.79 Å². The highest BCUT2D eigenvalue weighted by molar-refractivity contribution is 9.10. The summed E-state index contributed by atoms with van der Waals surface area (Å²) >= 11 is 3.35. The van der Waals surface area contributed by atoms with Gasteiger partial charge in [0.1, 0.15) is 6.61 Å². The Balaban J connectivity index is 2.30. The van der Waals surface area contributed by atoms with Crippen LogP contribution < -0.4 is 0 Å². The Morgan fingerprint density at radius 3 is 2.67 bits per heavy atom. The van der Waals surface area contributed by atoms with Crippen LogP contribution >= 0.6 is 15.9 Å². The van der Waals surface area contributed by atoms with Crippen LogP contribution in [0.3, 0.4) is 0 Å². The molecule has 0 N–H and O–H groups in total. The van der Waals surface area contributed by atoms with Crippen molar-refractivity contribution in [2.45, 2.75) is 26.4 Å². The maximum atomic E-state index is 11.4. The van der Waals surface area contributed by atoms with Crippen molar-refractivity contribution in [3.05, 3.63) is 58.6 Å². The molecule has 1 aromatic carbocycles. The molecule has 18 heavy (non-hydrogen) atoms. The number of rotatable bonds is 6. The summed E-state index contributed by atoms with van der Waals surface area (Å²) < 4.78 is 6.11. The van der Waals surface area contributed by atoms with Gasteiger partial charge in [-0.2, -0.15) is 0 Å². The van der Waals surface area contributed by atoms with E-state index in [2.05, 4.69) is 22.9 Å². The fourth-order valence-corrected chi connectivity index (χ4v) is 1.52. The monoisotopic (exact) mass is 308 g/mol. The summed E-state index contributed by atoms with van der Waals surface area (Å²) in [6.07, 6.45) is 9.17. The molecule has 0 heterocycles. The van der Waals surface area contributed by atoms with Gasteiger partial charge in [-0.15, -0.1) is 0 Å². The maximum Gasteiger partial charge on any atom is 0.331 e. The Bertz CT molecular complexity index is 419. The Hall–Kier alpha value is -1.35. The molecule has 0 saturated heterocycles. The normalized spacial score (nSPS) is 11.2. The van der Waals surface area contributed by atoms with Crippen molar-refractivity contribution in [1.82, 2.24) is 0 Å². The topological polar surface area (TPSA) is 26.3 Å². The number of benzene rings is 1. The van der Waals surface area contributed by atoms with Crippen LogP contribution in [0.25, 0.3) is 0 Å². The molecule has 0 aromatic heterocycles. The predicted octanol–water partition coefficient (Wildman–Crippen LogP) is 4.40. The van der Waals surface area contributed by atoms with Crippen LogP contribution in [0.15, 0.2) is 53.0 Å². The molecule has 0 bridgehead atoms. The Morgan fingerprint density at radius 1 is 1.28 bits per heavy atom. The Morgan fingerprint density at radius 2 is 2.00 bits per heavy atom. The molecule has 3 heteroatoms. The standard InChI is InChI=1S/C15H17BrO2/c1-2-3-4-5-6-7-15(17)18-12-13-8-10-14(16)11-9-13/h4-11H,2-3,12H2,1H3/b5-4+,7-6+. The SMILES string of the molecule is CCC/C=C/C=C/C(=O)OCc1ccc(Br)cc1. The molecule has 0 unspecified atom stereocenters. The quantitative estimate of drug-likeness (QED) is 0.442. The van der Waals surface area contributed by atoms with Crippen LogP contribution in [0.5, 0.6) is 0 Å². The first-order valence-corrected chi connectivity index (χ1v) is 6.76. The van der Waals surface area contributed by atoms with E-state index >= 15 is 0 Å². The zero-order valence-electron chi connectivity index (χ0n) is 10.4. The summed E-state index contributed by atoms with van der Waals surface area (Å²) in [5, 5.41) is 0. The van der Waals surface area contributed by atoms with Crippen molar-refractivity contribution >= 4 is 21.9 Å². The van der Waals surface area contributed by atoms with Gasteiger partial charge >= 0.3 is 5.97 Å². The zero-order valence-corrected chi connectivity index (χ0v) is 12.0. The predicted molar refractivity (Wildman–Crippen MR) is 77.1 cm³/mol. The van der Waals surface area contributed by atoms with Gasteiger partial charge in [0.05, 0.1) is 0 Å². The number of ether oxygens (including phenoxy) is 1. The van der Waals surface area contributed by atoms with Gasteiger partial charge in [0.2, 0.25) is 0 Å². The number of hydrogen-bond donors (Lipinski definition) is 0. The van der Waals surface area contributed by atoms with E-state index in [4.69, 9.17) is 4.74 Å². The van der Waals surface area contributed by atoms with Gasteiger partial charge < -0.3 is 4.74 Å². The van der Waals surface area contributed by atoms with Crippen molar-refractivity contribution < 1.29 is 9.53 Å². The second-order valence-electron chi connectivity index (χ2n) is 3.81. The first-order chi connectivity index (χ1) is 8.72. The molecule has 0 aliphatic carbocycles. The van der Waals surface area contributed by atoms with Gasteiger partial charge in [-0.1, -0.05) is 59.6 Å². The second-order valence-corrected chi connectivity index (χ2v) is 4.73. The van der Waals surface area contributed by atoms with Crippen LogP contribution in [-0.2, 0) is 16.1 Å². The van der Waals surface area contributed by atoms with Crippen LogP contribution in [0.2, 0.25) is 0 Å². The first-order valence-electron chi connectivity index (χ1n) is 5.96. The lowest BCUT2D eigenvalue weighted by molar-refractivity contribution is -0.139. The van der Waals surface area contributed by atoms with E-state index in [0.717, 1.165) is 22.9 Å². The van der Waals surface area contributed by atoms with E-state index in [1.807, 2.05) is 36.4 Å².